The zero-order chi connectivity index (χ0) is 17.9. The van der Waals surface area contributed by atoms with Gasteiger partial charge in [0.05, 0.1) is 46.2 Å². The molecule has 0 bridgehead atoms. The van der Waals surface area contributed by atoms with E-state index in [9.17, 15) is 14.7 Å². The highest BCUT2D eigenvalue weighted by Crippen LogP contribution is 2.15. The summed E-state index contributed by atoms with van der Waals surface area (Å²) < 4.78 is 5.33. The number of nitrogens with two attached hydrogens (primary N) is 1. The van der Waals surface area contributed by atoms with Crippen molar-refractivity contribution in [2.24, 2.45) is 0 Å². The van der Waals surface area contributed by atoms with Crippen LogP contribution in [0.1, 0.15) is 19.8 Å². The van der Waals surface area contributed by atoms with Crippen LogP contribution >= 0.6 is 0 Å². The number of carboxylic acids is 1. The number of aliphatic carboxylic acids is 1. The van der Waals surface area contributed by atoms with Gasteiger partial charge in [-0.15, -0.1) is 0 Å². The van der Waals surface area contributed by atoms with Crippen molar-refractivity contribution in [1.29, 1.82) is 0 Å². The average Bonchev–Trinajstić information content (AvgIpc) is 2.52. The van der Waals surface area contributed by atoms with Crippen molar-refractivity contribution in [3.63, 3.8) is 0 Å². The van der Waals surface area contributed by atoms with Crippen LogP contribution in [-0.4, -0.2) is 51.7 Å². The Bertz CT molecular complexity index is 517. The molecule has 0 unspecified atom stereocenters. The van der Waals surface area contributed by atoms with Crippen LogP contribution in [0.15, 0.2) is 24.3 Å². The van der Waals surface area contributed by atoms with Gasteiger partial charge in [0.2, 0.25) is 5.91 Å². The number of hydrogen-bond donors (Lipinski definition) is 3. The van der Waals surface area contributed by atoms with Crippen LogP contribution in [0.25, 0.3) is 0 Å². The van der Waals surface area contributed by atoms with Crippen molar-refractivity contribution in [1.82, 2.24) is 0 Å². The van der Waals surface area contributed by atoms with Crippen LogP contribution in [-0.2, 0) is 9.59 Å². The molecule has 1 atom stereocenters. The number of hydrogen-bond acceptors (Lipinski definition) is 4. The molecule has 0 aliphatic heterocycles. The van der Waals surface area contributed by atoms with Gasteiger partial charge in [0.25, 0.3) is 0 Å². The van der Waals surface area contributed by atoms with Gasteiger partial charge in [0.15, 0.2) is 0 Å². The number of ether oxygens (including phenoxy) is 1. The highest BCUT2D eigenvalue weighted by molar-refractivity contribution is 5.93. The largest absolute Gasteiger partial charge is 0.544 e. The van der Waals surface area contributed by atoms with Crippen molar-refractivity contribution in [2.45, 2.75) is 25.8 Å². The summed E-state index contributed by atoms with van der Waals surface area (Å²) in [5, 5.41) is 15.5. The smallest absolute Gasteiger partial charge is 0.230 e. The van der Waals surface area contributed by atoms with Crippen LogP contribution in [0.3, 0.4) is 0 Å². The van der Waals surface area contributed by atoms with E-state index in [1.807, 2.05) is 21.0 Å². The van der Waals surface area contributed by atoms with Crippen molar-refractivity contribution >= 4 is 17.6 Å². The lowest BCUT2D eigenvalue weighted by Gasteiger charge is -2.16. The van der Waals surface area contributed by atoms with Gasteiger partial charge >= 0.3 is 0 Å². The molecule has 0 aliphatic rings. The Balaban J connectivity index is 2.45. The molecule has 1 rings (SSSR count). The molecule has 0 fully saturated rings. The lowest BCUT2D eigenvalue weighted by Crippen LogP contribution is -3.06. The summed E-state index contributed by atoms with van der Waals surface area (Å²) in [4.78, 5) is 24.5. The van der Waals surface area contributed by atoms with E-state index in [1.54, 1.807) is 29.6 Å². The van der Waals surface area contributed by atoms with Gasteiger partial charge in [-0.3, -0.25) is 4.79 Å². The van der Waals surface area contributed by atoms with Gasteiger partial charge < -0.3 is 30.2 Å². The van der Waals surface area contributed by atoms with Crippen LogP contribution in [0, 0.1) is 0 Å². The van der Waals surface area contributed by atoms with E-state index in [1.165, 1.54) is 4.90 Å². The summed E-state index contributed by atoms with van der Waals surface area (Å²) in [6, 6.07) is 6.08. The zero-order valence-electron chi connectivity index (χ0n) is 14.6. The summed E-state index contributed by atoms with van der Waals surface area (Å²) in [6.07, 6.45) is 0.761. The normalized spacial score (nSPS) is 12.0. The molecule has 7 nitrogen and oxygen atoms in total. The molecule has 134 valence electrons. The fourth-order valence-corrected chi connectivity index (χ4v) is 2.25. The third-order valence-electron chi connectivity index (χ3n) is 3.49. The van der Waals surface area contributed by atoms with Crippen molar-refractivity contribution in [3.05, 3.63) is 24.3 Å². The molecular weight excluding hydrogens is 310 g/mol. The van der Waals surface area contributed by atoms with Crippen LogP contribution in [0.2, 0.25) is 0 Å². The summed E-state index contributed by atoms with van der Waals surface area (Å²) >= 11 is 0. The standard InChI is InChI=1S/C17H27N3O4/c1-4-24-14-8-6-13(7-9-14)19-16(21)12-15(17(22)23)18-10-5-11-20(2)3/h6-9,15,18H,4-5,10-12H2,1-3H3,(H,19,21)(H,22,23)/p+1/t15-/m1/s1. The van der Waals surface area contributed by atoms with E-state index in [4.69, 9.17) is 4.74 Å². The highest BCUT2D eigenvalue weighted by Gasteiger charge is 2.18. The van der Waals surface area contributed by atoms with Gasteiger partial charge in [-0.05, 0) is 31.2 Å². The molecule has 0 saturated carbocycles. The predicted octanol–water partition coefficient (Wildman–Crippen LogP) is -2.37. The van der Waals surface area contributed by atoms with Gasteiger partial charge in [-0.2, -0.15) is 0 Å². The number of benzene rings is 1. The van der Waals surface area contributed by atoms with Gasteiger partial charge in [0.1, 0.15) is 11.8 Å². The maximum atomic E-state index is 12.0. The molecule has 1 aromatic rings. The van der Waals surface area contributed by atoms with E-state index in [0.717, 1.165) is 18.7 Å². The predicted molar refractivity (Wildman–Crippen MR) is 88.7 cm³/mol. The van der Waals surface area contributed by atoms with Crippen LogP contribution < -0.4 is 25.4 Å². The summed E-state index contributed by atoms with van der Waals surface area (Å²) in [5.41, 5.74) is 0.608. The SMILES string of the molecule is CCOc1ccc(NC(=O)C[C@@H]([NH2+]CCC[NH+](C)C)C(=O)[O-])cc1. The molecule has 0 saturated heterocycles. The minimum Gasteiger partial charge on any atom is -0.544 e. The molecule has 0 radical (unpaired) electrons. The number of carbonyl (C=O) groups is 2. The quantitative estimate of drug-likeness (QED) is 0.393. The second kappa shape index (κ2) is 10.6. The first-order valence-corrected chi connectivity index (χ1v) is 8.28. The Morgan fingerprint density at radius 1 is 1.29 bits per heavy atom. The van der Waals surface area contributed by atoms with E-state index in [-0.39, 0.29) is 12.3 Å². The maximum absolute atomic E-state index is 12.0. The lowest BCUT2D eigenvalue weighted by atomic mass is 10.2. The number of nitrogens with one attached hydrogen (secondary N) is 2. The Hall–Kier alpha value is -2.12. The lowest BCUT2D eigenvalue weighted by molar-refractivity contribution is -0.860. The number of carbonyl (C=O) groups excluding carboxylic acids is 2. The van der Waals surface area contributed by atoms with E-state index >= 15 is 0 Å². The molecule has 4 N–H and O–H groups in total. The number of amides is 1. The first-order valence-electron chi connectivity index (χ1n) is 8.28. The zero-order valence-corrected chi connectivity index (χ0v) is 14.6. The Morgan fingerprint density at radius 3 is 2.50 bits per heavy atom. The first kappa shape index (κ1) is 19.9. The first-order chi connectivity index (χ1) is 11.4. The van der Waals surface area contributed by atoms with Crippen LogP contribution in [0.5, 0.6) is 5.75 Å². The molecule has 0 aliphatic carbocycles. The molecule has 0 aromatic heterocycles. The summed E-state index contributed by atoms with van der Waals surface area (Å²) in [6.45, 7) is 4.07. The topological polar surface area (TPSA) is 99.5 Å². The molecule has 24 heavy (non-hydrogen) atoms. The summed E-state index contributed by atoms with van der Waals surface area (Å²) in [5.74, 6) is -0.837. The Kier molecular flexibility index (Phi) is 8.81. The van der Waals surface area contributed by atoms with E-state index in [2.05, 4.69) is 5.32 Å². The van der Waals surface area contributed by atoms with Crippen molar-refractivity contribution in [3.8, 4) is 5.75 Å². The third kappa shape index (κ3) is 7.94. The van der Waals surface area contributed by atoms with Gasteiger partial charge in [-0.25, -0.2) is 0 Å². The molecule has 1 amide bonds. The number of carboxylic acid groups (broad SMARTS) is 1. The second-order valence-corrected chi connectivity index (χ2v) is 5.97. The molecular formula is C17H28N3O4+. The maximum Gasteiger partial charge on any atom is 0.230 e. The molecule has 0 spiro atoms. The second-order valence-electron chi connectivity index (χ2n) is 5.97. The number of quaternary nitrogens is 2. The fraction of sp³-hybridized carbons (Fsp3) is 0.529. The van der Waals surface area contributed by atoms with E-state index < -0.39 is 12.0 Å². The fourth-order valence-electron chi connectivity index (χ4n) is 2.25. The van der Waals surface area contributed by atoms with Crippen LogP contribution in [0.4, 0.5) is 5.69 Å². The van der Waals surface area contributed by atoms with Gasteiger partial charge in [-0.1, -0.05) is 0 Å². The van der Waals surface area contributed by atoms with Gasteiger partial charge in [0, 0.05) is 12.1 Å². The molecule has 0 heterocycles. The van der Waals surface area contributed by atoms with Crippen molar-refractivity contribution in [2.75, 3.05) is 39.1 Å². The number of anilines is 1. The third-order valence-corrected chi connectivity index (χ3v) is 3.49. The number of rotatable bonds is 11. The Morgan fingerprint density at radius 2 is 1.96 bits per heavy atom. The van der Waals surface area contributed by atoms with Crippen molar-refractivity contribution < 1.29 is 29.6 Å². The van der Waals surface area contributed by atoms with E-state index in [0.29, 0.717) is 18.8 Å². The average molecular weight is 338 g/mol. The summed E-state index contributed by atoms with van der Waals surface area (Å²) in [7, 11) is 4.08. The molecule has 1 aromatic carbocycles. The monoisotopic (exact) mass is 338 g/mol. The molecule has 7 heteroatoms. The minimum absolute atomic E-state index is 0.121. The highest BCUT2D eigenvalue weighted by atomic mass is 16.5. The Labute approximate surface area is 143 Å². The minimum atomic E-state index is -1.21.